The Morgan fingerprint density at radius 3 is 2.49 bits per heavy atom. The normalized spacial score (nSPS) is 27.7. The molecule has 4 rings (SSSR count). The molecular formula is C26H31ClO8. The third kappa shape index (κ3) is 5.13. The van der Waals surface area contributed by atoms with Crippen molar-refractivity contribution in [2.45, 2.75) is 63.1 Å². The molecule has 8 nitrogen and oxygen atoms in total. The monoisotopic (exact) mass is 506 g/mol. The molecule has 3 N–H and O–H groups in total. The zero-order chi connectivity index (χ0) is 25.2. The third-order valence-electron chi connectivity index (χ3n) is 6.68. The van der Waals surface area contributed by atoms with E-state index in [1.54, 1.807) is 13.0 Å². The van der Waals surface area contributed by atoms with Crippen LogP contribution in [0, 0.1) is 0 Å². The molecule has 2 aromatic carbocycles. The molecule has 0 aliphatic carbocycles. The van der Waals surface area contributed by atoms with Crippen LogP contribution < -0.4 is 4.74 Å². The Kier molecular flexibility index (Phi) is 7.88. The van der Waals surface area contributed by atoms with Gasteiger partial charge >= 0.3 is 6.16 Å². The molecule has 2 aliphatic heterocycles. The van der Waals surface area contributed by atoms with Crippen LogP contribution in [0.4, 0.5) is 4.79 Å². The fraction of sp³-hybridized carbons (Fsp3) is 0.500. The highest BCUT2D eigenvalue weighted by Gasteiger charge is 2.56. The van der Waals surface area contributed by atoms with Gasteiger partial charge < -0.3 is 34.3 Å². The van der Waals surface area contributed by atoms with Crippen molar-refractivity contribution in [1.82, 2.24) is 0 Å². The van der Waals surface area contributed by atoms with Gasteiger partial charge in [0.25, 0.3) is 0 Å². The lowest BCUT2D eigenvalue weighted by atomic mass is 9.76. The van der Waals surface area contributed by atoms with E-state index < -0.39 is 36.2 Å². The number of aliphatic hydroxyl groups is 3. The highest BCUT2D eigenvalue weighted by atomic mass is 35.5. The van der Waals surface area contributed by atoms with Gasteiger partial charge in [0.1, 0.15) is 42.4 Å². The second-order valence-corrected chi connectivity index (χ2v) is 9.26. The molecule has 5 atom stereocenters. The van der Waals surface area contributed by atoms with Gasteiger partial charge in [-0.3, -0.25) is 0 Å². The van der Waals surface area contributed by atoms with Gasteiger partial charge in [0, 0.05) is 17.0 Å². The molecule has 1 unspecified atom stereocenters. The van der Waals surface area contributed by atoms with Crippen molar-refractivity contribution in [3.8, 4) is 5.75 Å². The van der Waals surface area contributed by atoms with E-state index in [-0.39, 0.29) is 26.2 Å². The molecule has 0 saturated carbocycles. The van der Waals surface area contributed by atoms with Crippen molar-refractivity contribution in [3.05, 3.63) is 63.7 Å². The number of hydrogen-bond acceptors (Lipinski definition) is 8. The molecule has 1 spiro atoms. The molecule has 1 fully saturated rings. The van der Waals surface area contributed by atoms with Crippen LogP contribution in [0.2, 0.25) is 5.02 Å². The first-order valence-electron chi connectivity index (χ1n) is 11.8. The van der Waals surface area contributed by atoms with Crippen molar-refractivity contribution in [1.29, 1.82) is 0 Å². The molecule has 1 saturated heterocycles. The minimum atomic E-state index is -1.54. The smallest absolute Gasteiger partial charge is 0.493 e. The Labute approximate surface area is 209 Å². The van der Waals surface area contributed by atoms with Gasteiger partial charge in [-0.1, -0.05) is 42.8 Å². The summed E-state index contributed by atoms with van der Waals surface area (Å²) in [6, 6.07) is 11.8. The highest BCUT2D eigenvalue weighted by Crippen LogP contribution is 2.48. The van der Waals surface area contributed by atoms with Gasteiger partial charge in [0.05, 0.1) is 13.2 Å². The third-order valence-corrected chi connectivity index (χ3v) is 7.03. The van der Waals surface area contributed by atoms with Gasteiger partial charge in [0.2, 0.25) is 0 Å². The van der Waals surface area contributed by atoms with Gasteiger partial charge in [-0.05, 0) is 48.6 Å². The summed E-state index contributed by atoms with van der Waals surface area (Å²) in [5, 5.41) is 32.9. The van der Waals surface area contributed by atoms with Crippen LogP contribution in [0.15, 0.2) is 36.4 Å². The number of rotatable bonds is 6. The molecule has 2 aliphatic rings. The Morgan fingerprint density at radius 2 is 1.80 bits per heavy atom. The number of fused-ring (bicyclic) bond motifs is 2. The maximum Gasteiger partial charge on any atom is 0.508 e. The lowest BCUT2D eigenvalue weighted by Gasteiger charge is -2.50. The Hall–Kier alpha value is -2.36. The Balaban J connectivity index is 1.66. The lowest BCUT2D eigenvalue weighted by Crippen LogP contribution is -2.64. The summed E-state index contributed by atoms with van der Waals surface area (Å²) in [5.74, 6) is 0.430. The first-order chi connectivity index (χ1) is 16.8. The summed E-state index contributed by atoms with van der Waals surface area (Å²) in [6.45, 7) is 3.72. The summed E-state index contributed by atoms with van der Waals surface area (Å²) in [5.41, 5.74) is 2.24. The van der Waals surface area contributed by atoms with E-state index in [1.165, 1.54) is 5.56 Å². The van der Waals surface area contributed by atoms with Crippen LogP contribution in [-0.2, 0) is 32.7 Å². The topological polar surface area (TPSA) is 115 Å². The number of carbonyl (C=O) groups is 1. The van der Waals surface area contributed by atoms with Crippen molar-refractivity contribution in [3.63, 3.8) is 0 Å². The quantitative estimate of drug-likeness (QED) is 0.512. The molecule has 0 bridgehead atoms. The number of aryl methyl sites for hydroxylation is 1. The van der Waals surface area contributed by atoms with Gasteiger partial charge in [0.15, 0.2) is 0 Å². The van der Waals surface area contributed by atoms with Gasteiger partial charge in [-0.25, -0.2) is 4.79 Å². The minimum absolute atomic E-state index is 0.133. The standard InChI is InChI=1S/C26H31ClO8/c1-3-15-5-7-16(8-6-15)11-17-12-18-20(13-19(17)27)33-10-9-26(18)24(30)23(29)22(28)21(35-26)14-34-25(31)32-4-2/h5-8,12-13,21-24,28-30H,3-4,9-11,14H2,1-2H3/t21-,22-,23+,24-,26?/m1/s1. The van der Waals surface area contributed by atoms with E-state index in [9.17, 15) is 20.1 Å². The molecule has 0 aromatic heterocycles. The van der Waals surface area contributed by atoms with Gasteiger partial charge in [-0.15, -0.1) is 0 Å². The van der Waals surface area contributed by atoms with Crippen molar-refractivity contribution in [2.75, 3.05) is 19.8 Å². The Bertz CT molecular complexity index is 1040. The van der Waals surface area contributed by atoms with E-state index in [4.69, 9.17) is 30.5 Å². The summed E-state index contributed by atoms with van der Waals surface area (Å²) < 4.78 is 21.9. The molecule has 2 heterocycles. The van der Waals surface area contributed by atoms with Crippen LogP contribution in [0.1, 0.15) is 42.5 Å². The summed E-state index contributed by atoms with van der Waals surface area (Å²) in [7, 11) is 0. The molecule has 2 aromatic rings. The maximum absolute atomic E-state index is 11.7. The molecule has 35 heavy (non-hydrogen) atoms. The highest BCUT2D eigenvalue weighted by molar-refractivity contribution is 6.31. The van der Waals surface area contributed by atoms with Crippen LogP contribution in [0.3, 0.4) is 0 Å². The predicted molar refractivity (Wildman–Crippen MR) is 128 cm³/mol. The number of benzene rings is 2. The van der Waals surface area contributed by atoms with Crippen molar-refractivity contribution < 1.29 is 39.1 Å². The predicted octanol–water partition coefficient (Wildman–Crippen LogP) is 3.13. The number of ether oxygens (including phenoxy) is 4. The van der Waals surface area contributed by atoms with E-state index in [0.29, 0.717) is 22.8 Å². The number of hydrogen-bond donors (Lipinski definition) is 3. The average molecular weight is 507 g/mol. The van der Waals surface area contributed by atoms with E-state index >= 15 is 0 Å². The molecular weight excluding hydrogens is 476 g/mol. The maximum atomic E-state index is 11.7. The number of carbonyl (C=O) groups excluding carboxylic acids is 1. The second-order valence-electron chi connectivity index (χ2n) is 8.85. The first kappa shape index (κ1) is 25.7. The minimum Gasteiger partial charge on any atom is -0.493 e. The summed E-state index contributed by atoms with van der Waals surface area (Å²) in [6.07, 6.45) is -4.75. The van der Waals surface area contributed by atoms with Crippen molar-refractivity contribution in [2.24, 2.45) is 0 Å². The second kappa shape index (κ2) is 10.7. The zero-order valence-electron chi connectivity index (χ0n) is 19.8. The van der Waals surface area contributed by atoms with Crippen molar-refractivity contribution >= 4 is 17.8 Å². The SMILES string of the molecule is CCOC(=O)OC[C@H]1OC2(CCOc3cc(Cl)c(Cc4ccc(CC)cc4)cc32)[C@H](O)[C@@H](O)[C@@H]1O. The van der Waals surface area contributed by atoms with E-state index in [2.05, 4.69) is 31.2 Å². The molecule has 9 heteroatoms. The summed E-state index contributed by atoms with van der Waals surface area (Å²) in [4.78, 5) is 11.7. The van der Waals surface area contributed by atoms with Crippen LogP contribution >= 0.6 is 11.6 Å². The molecule has 190 valence electrons. The lowest BCUT2D eigenvalue weighted by molar-refractivity contribution is -0.286. The average Bonchev–Trinajstić information content (AvgIpc) is 2.85. The van der Waals surface area contributed by atoms with E-state index in [0.717, 1.165) is 17.5 Å². The number of aliphatic hydroxyl groups excluding tert-OH is 3. The summed E-state index contributed by atoms with van der Waals surface area (Å²) >= 11 is 6.58. The Morgan fingerprint density at radius 1 is 1.09 bits per heavy atom. The van der Waals surface area contributed by atoms with Crippen LogP contribution in [0.5, 0.6) is 5.75 Å². The first-order valence-corrected chi connectivity index (χ1v) is 12.2. The van der Waals surface area contributed by atoms with Crippen LogP contribution in [-0.4, -0.2) is 65.7 Å². The molecule has 0 radical (unpaired) electrons. The zero-order valence-corrected chi connectivity index (χ0v) is 20.5. The fourth-order valence-electron chi connectivity index (χ4n) is 4.71. The number of halogens is 1. The van der Waals surface area contributed by atoms with Crippen LogP contribution in [0.25, 0.3) is 0 Å². The largest absolute Gasteiger partial charge is 0.508 e. The van der Waals surface area contributed by atoms with Gasteiger partial charge in [-0.2, -0.15) is 0 Å². The molecule has 0 amide bonds. The fourth-order valence-corrected chi connectivity index (χ4v) is 4.93. The van der Waals surface area contributed by atoms with E-state index in [1.807, 2.05) is 6.07 Å².